The highest BCUT2D eigenvalue weighted by molar-refractivity contribution is 6.24. The van der Waals surface area contributed by atoms with Gasteiger partial charge in [-0.15, -0.1) is 0 Å². The number of carbonyl (C=O) groups excluding carboxylic acids is 1. The van der Waals surface area contributed by atoms with Crippen molar-refractivity contribution in [1.29, 1.82) is 0 Å². The quantitative estimate of drug-likeness (QED) is 0.857. The van der Waals surface area contributed by atoms with Gasteiger partial charge in [0.05, 0.1) is 25.0 Å². The van der Waals surface area contributed by atoms with Gasteiger partial charge in [0.25, 0.3) is 5.78 Å². The number of methoxy groups -OCH3 is 1. The van der Waals surface area contributed by atoms with Crippen molar-refractivity contribution in [2.24, 2.45) is 5.16 Å². The first-order valence-electron chi connectivity index (χ1n) is 8.11. The number of fused-ring (bicyclic) bond motifs is 3. The van der Waals surface area contributed by atoms with Crippen molar-refractivity contribution in [3.63, 3.8) is 0 Å². The number of Topliss-reactive ketones (excluding diaryl/α,β-unsaturated/α-hetero) is 1. The van der Waals surface area contributed by atoms with Gasteiger partial charge in [-0.05, 0) is 50.2 Å². The van der Waals surface area contributed by atoms with Crippen LogP contribution in [0.25, 0.3) is 0 Å². The third-order valence-corrected chi connectivity index (χ3v) is 4.37. The lowest BCUT2D eigenvalue weighted by Crippen LogP contribution is -2.52. The molecule has 0 saturated heterocycles. The first-order chi connectivity index (χ1) is 12.1. The van der Waals surface area contributed by atoms with Crippen molar-refractivity contribution in [1.82, 2.24) is 0 Å². The minimum Gasteiger partial charge on any atom is -0.497 e. The van der Waals surface area contributed by atoms with Crippen LogP contribution in [0.5, 0.6) is 5.75 Å². The molecule has 2 aliphatic heterocycles. The number of carbonyl (C=O) groups is 1. The van der Waals surface area contributed by atoms with Crippen LogP contribution in [-0.4, -0.2) is 31.2 Å². The Hall–Kier alpha value is -2.86. The van der Waals surface area contributed by atoms with Crippen molar-refractivity contribution in [3.05, 3.63) is 59.2 Å². The highest BCUT2D eigenvalue weighted by atomic mass is 16.8. The number of rotatable bonds is 4. The summed E-state index contributed by atoms with van der Waals surface area (Å²) < 4.78 is 11.0. The summed E-state index contributed by atoms with van der Waals surface area (Å²) in [7, 11) is 1.61. The maximum atomic E-state index is 13.0. The molecule has 1 atom stereocenters. The molecule has 2 heterocycles. The fraction of sp³-hybridized carbons (Fsp3) is 0.263. The fourth-order valence-electron chi connectivity index (χ4n) is 3.21. The minimum atomic E-state index is -1.56. The molecule has 0 fully saturated rings. The van der Waals surface area contributed by atoms with Crippen LogP contribution in [0, 0.1) is 6.92 Å². The predicted octanol–water partition coefficient (Wildman–Crippen LogP) is 3.09. The monoisotopic (exact) mass is 338 g/mol. The van der Waals surface area contributed by atoms with Gasteiger partial charge in [0, 0.05) is 5.56 Å². The van der Waals surface area contributed by atoms with Crippen molar-refractivity contribution >= 4 is 17.3 Å². The zero-order valence-electron chi connectivity index (χ0n) is 14.3. The molecule has 4 rings (SSSR count). The zero-order chi connectivity index (χ0) is 17.6. The predicted molar refractivity (Wildman–Crippen MR) is 93.0 cm³/mol. The topological polar surface area (TPSA) is 60.4 Å². The van der Waals surface area contributed by atoms with Gasteiger partial charge in [-0.1, -0.05) is 16.8 Å². The van der Waals surface area contributed by atoms with E-state index in [9.17, 15) is 4.79 Å². The Morgan fingerprint density at radius 3 is 2.64 bits per heavy atom. The Bertz CT molecular complexity index is 875. The van der Waals surface area contributed by atoms with Gasteiger partial charge in [-0.25, -0.2) is 0 Å². The number of hydrogen-bond donors (Lipinski definition) is 0. The fourth-order valence-corrected chi connectivity index (χ4v) is 3.21. The first-order valence-corrected chi connectivity index (χ1v) is 8.11. The molecule has 0 radical (unpaired) electrons. The summed E-state index contributed by atoms with van der Waals surface area (Å²) in [5.41, 5.74) is 3.12. The van der Waals surface area contributed by atoms with Crippen molar-refractivity contribution in [3.8, 4) is 5.75 Å². The standard InChI is InChI=1S/C19H18N2O4/c1-4-24-19-17(22)15-11-12(2)5-10-16(15)21(19)18(20-25-19)13-6-8-14(23-3)9-7-13/h5-11H,4H2,1-3H3. The van der Waals surface area contributed by atoms with E-state index in [1.807, 2.05) is 56.3 Å². The molecule has 0 N–H and O–H groups in total. The molecule has 128 valence electrons. The second-order valence-corrected chi connectivity index (χ2v) is 5.93. The number of hydrogen-bond acceptors (Lipinski definition) is 6. The summed E-state index contributed by atoms with van der Waals surface area (Å²) in [6, 6.07) is 13.1. The van der Waals surface area contributed by atoms with E-state index in [0.29, 0.717) is 18.0 Å². The second kappa shape index (κ2) is 5.60. The van der Waals surface area contributed by atoms with Gasteiger partial charge in [0.15, 0.2) is 5.84 Å². The molecule has 0 bridgehead atoms. The van der Waals surface area contributed by atoms with E-state index < -0.39 is 5.91 Å². The summed E-state index contributed by atoms with van der Waals surface area (Å²) in [5.74, 6) is -0.514. The molecule has 2 aliphatic rings. The van der Waals surface area contributed by atoms with E-state index in [1.54, 1.807) is 12.0 Å². The molecule has 1 unspecified atom stereocenters. The molecule has 2 aromatic rings. The number of anilines is 1. The smallest absolute Gasteiger partial charge is 0.390 e. The van der Waals surface area contributed by atoms with Gasteiger partial charge < -0.3 is 14.3 Å². The number of benzene rings is 2. The number of ketones is 1. The van der Waals surface area contributed by atoms with Gasteiger partial charge in [0.2, 0.25) is 0 Å². The third kappa shape index (κ3) is 2.14. The number of ether oxygens (including phenoxy) is 2. The van der Waals surface area contributed by atoms with Gasteiger partial charge in [-0.2, -0.15) is 0 Å². The van der Waals surface area contributed by atoms with Crippen LogP contribution in [0.2, 0.25) is 0 Å². The lowest BCUT2D eigenvalue weighted by molar-refractivity contribution is -0.178. The minimum absolute atomic E-state index is 0.236. The summed E-state index contributed by atoms with van der Waals surface area (Å²) in [4.78, 5) is 20.3. The first kappa shape index (κ1) is 15.7. The lowest BCUT2D eigenvalue weighted by Gasteiger charge is -2.28. The van der Waals surface area contributed by atoms with E-state index in [4.69, 9.17) is 14.3 Å². The number of aryl methyl sites for hydroxylation is 1. The SMILES string of the molecule is CCOC12ON=C(c3ccc(OC)cc3)N1c1ccc(C)cc1C2=O. The van der Waals surface area contributed by atoms with E-state index in [1.165, 1.54) is 0 Å². The normalized spacial score (nSPS) is 20.8. The van der Waals surface area contributed by atoms with Gasteiger partial charge in [0.1, 0.15) is 5.75 Å². The highest BCUT2D eigenvalue weighted by Crippen LogP contribution is 2.45. The highest BCUT2D eigenvalue weighted by Gasteiger charge is 2.61. The maximum absolute atomic E-state index is 13.0. The molecule has 6 heteroatoms. The number of amidine groups is 1. The van der Waals surface area contributed by atoms with Gasteiger partial charge >= 0.3 is 5.91 Å². The van der Waals surface area contributed by atoms with E-state index in [0.717, 1.165) is 22.6 Å². The van der Waals surface area contributed by atoms with Crippen molar-refractivity contribution < 1.29 is 19.1 Å². The van der Waals surface area contributed by atoms with Crippen LogP contribution in [-0.2, 0) is 9.57 Å². The largest absolute Gasteiger partial charge is 0.497 e. The Morgan fingerprint density at radius 2 is 1.96 bits per heavy atom. The lowest BCUT2D eigenvalue weighted by atomic mass is 10.1. The van der Waals surface area contributed by atoms with E-state index in [2.05, 4.69) is 5.16 Å². The van der Waals surface area contributed by atoms with Crippen LogP contribution >= 0.6 is 0 Å². The third-order valence-electron chi connectivity index (χ3n) is 4.37. The number of nitrogens with zero attached hydrogens (tertiary/aromatic N) is 2. The molecule has 6 nitrogen and oxygen atoms in total. The van der Waals surface area contributed by atoms with Crippen molar-refractivity contribution in [2.75, 3.05) is 18.6 Å². The molecule has 0 aromatic heterocycles. The second-order valence-electron chi connectivity index (χ2n) is 5.93. The van der Waals surface area contributed by atoms with Crippen LogP contribution in [0.4, 0.5) is 5.69 Å². The van der Waals surface area contributed by atoms with Crippen LogP contribution in [0.15, 0.2) is 47.6 Å². The van der Waals surface area contributed by atoms with Crippen LogP contribution in [0.3, 0.4) is 0 Å². The number of oxime groups is 1. The molecule has 0 saturated carbocycles. The van der Waals surface area contributed by atoms with Crippen molar-refractivity contribution in [2.45, 2.75) is 19.8 Å². The molecule has 0 amide bonds. The zero-order valence-corrected chi connectivity index (χ0v) is 14.3. The Morgan fingerprint density at radius 1 is 1.20 bits per heavy atom. The summed E-state index contributed by atoms with van der Waals surface area (Å²) >= 11 is 0. The van der Waals surface area contributed by atoms with Crippen LogP contribution in [0.1, 0.15) is 28.4 Å². The van der Waals surface area contributed by atoms with Gasteiger partial charge in [-0.3, -0.25) is 9.69 Å². The Balaban J connectivity index is 1.84. The Kier molecular flexibility index (Phi) is 3.51. The average molecular weight is 338 g/mol. The summed E-state index contributed by atoms with van der Waals surface area (Å²) in [6.45, 7) is 4.09. The maximum Gasteiger partial charge on any atom is 0.390 e. The molecular weight excluding hydrogens is 320 g/mol. The molecule has 2 aromatic carbocycles. The van der Waals surface area contributed by atoms with E-state index >= 15 is 0 Å². The Labute approximate surface area is 145 Å². The van der Waals surface area contributed by atoms with E-state index in [-0.39, 0.29) is 5.78 Å². The molecular formula is C19H18N2O4. The summed E-state index contributed by atoms with van der Waals surface area (Å²) in [5, 5.41) is 4.16. The molecule has 25 heavy (non-hydrogen) atoms. The summed E-state index contributed by atoms with van der Waals surface area (Å²) in [6.07, 6.45) is 0. The molecule has 0 aliphatic carbocycles. The van der Waals surface area contributed by atoms with Crippen LogP contribution < -0.4 is 9.64 Å². The average Bonchev–Trinajstić information content (AvgIpc) is 3.11. The molecule has 0 spiro atoms.